The second-order valence-corrected chi connectivity index (χ2v) is 8.11. The van der Waals surface area contributed by atoms with Gasteiger partial charge in [-0.05, 0) is 43.5 Å². The molecule has 0 radical (unpaired) electrons. The predicted molar refractivity (Wildman–Crippen MR) is 117 cm³/mol. The van der Waals surface area contributed by atoms with Crippen LogP contribution in [0.1, 0.15) is 24.8 Å². The van der Waals surface area contributed by atoms with Crippen molar-refractivity contribution in [1.82, 2.24) is 4.90 Å². The summed E-state index contributed by atoms with van der Waals surface area (Å²) < 4.78 is 0. The number of anilines is 2. The molecule has 0 saturated carbocycles. The molecule has 0 aliphatic carbocycles. The van der Waals surface area contributed by atoms with Crippen molar-refractivity contribution in [2.75, 3.05) is 36.0 Å². The fraction of sp³-hybridized carbons (Fsp3) is 0.348. The summed E-state index contributed by atoms with van der Waals surface area (Å²) in [6.45, 7) is 2.63. The molecule has 2 N–H and O–H groups in total. The van der Waals surface area contributed by atoms with Crippen molar-refractivity contribution in [2.24, 2.45) is 10.7 Å². The predicted octanol–water partition coefficient (Wildman–Crippen LogP) is 2.60. The Morgan fingerprint density at radius 3 is 2.30 bits per heavy atom. The number of amides is 3. The van der Waals surface area contributed by atoms with Crippen molar-refractivity contribution in [3.8, 4) is 0 Å². The number of rotatable bonds is 4. The van der Waals surface area contributed by atoms with Crippen molar-refractivity contribution in [2.45, 2.75) is 24.8 Å². The third kappa shape index (κ3) is 2.84. The molecule has 0 spiro atoms. The van der Waals surface area contributed by atoms with E-state index >= 15 is 0 Å². The quantitative estimate of drug-likeness (QED) is 0.852. The Kier molecular flexibility index (Phi) is 4.46. The molecule has 1 atom stereocenters. The first-order valence-electron chi connectivity index (χ1n) is 10.5. The second-order valence-electron chi connectivity index (χ2n) is 8.11. The van der Waals surface area contributed by atoms with Crippen LogP contribution in [0, 0.1) is 0 Å². The summed E-state index contributed by atoms with van der Waals surface area (Å²) in [4.78, 5) is 35.4. The average Bonchev–Trinajstić information content (AvgIpc) is 3.34. The largest absolute Gasteiger partial charge is 0.368 e. The van der Waals surface area contributed by atoms with Gasteiger partial charge >= 0.3 is 6.03 Å². The normalized spacial score (nSPS) is 23.5. The lowest BCUT2D eigenvalue weighted by molar-refractivity contribution is -0.125. The highest BCUT2D eigenvalue weighted by atomic mass is 16.2. The zero-order chi connectivity index (χ0) is 20.7. The number of nitrogens with zero attached hydrogens (tertiary/aromatic N) is 4. The Bertz CT molecular complexity index is 1000. The summed E-state index contributed by atoms with van der Waals surface area (Å²) in [5.41, 5.74) is 7.75. The number of fused-ring (bicyclic) bond motifs is 1. The average molecular weight is 403 g/mol. The SMILES string of the molecule is NC(=O)[C@]12CCCN1C(=O)N(c1ccc(N3CCCN=C3c3ccccc3)cc1)C2. The summed E-state index contributed by atoms with van der Waals surface area (Å²) in [5.74, 6) is 0.560. The van der Waals surface area contributed by atoms with Crippen molar-refractivity contribution >= 4 is 29.1 Å². The molecule has 5 rings (SSSR count). The highest BCUT2D eigenvalue weighted by Gasteiger charge is 2.56. The molecule has 7 nitrogen and oxygen atoms in total. The molecule has 2 saturated heterocycles. The number of primary amides is 1. The molecule has 2 aromatic rings. The number of hydrogen-bond acceptors (Lipinski definition) is 4. The number of aliphatic imine (C=N–C) groups is 1. The highest BCUT2D eigenvalue weighted by molar-refractivity contribution is 6.10. The molecule has 7 heteroatoms. The van der Waals surface area contributed by atoms with E-state index in [0.29, 0.717) is 19.5 Å². The van der Waals surface area contributed by atoms with E-state index in [0.717, 1.165) is 48.7 Å². The van der Waals surface area contributed by atoms with Crippen LogP contribution in [0.2, 0.25) is 0 Å². The number of carbonyl (C=O) groups excluding carboxylic acids is 2. The maximum absolute atomic E-state index is 12.9. The van der Waals surface area contributed by atoms with Crippen LogP contribution in [-0.2, 0) is 4.79 Å². The zero-order valence-electron chi connectivity index (χ0n) is 16.8. The molecule has 2 aromatic carbocycles. The van der Waals surface area contributed by atoms with Gasteiger partial charge in [-0.2, -0.15) is 0 Å². The van der Waals surface area contributed by atoms with Crippen LogP contribution in [0.25, 0.3) is 0 Å². The summed E-state index contributed by atoms with van der Waals surface area (Å²) >= 11 is 0. The highest BCUT2D eigenvalue weighted by Crippen LogP contribution is 2.39. The van der Waals surface area contributed by atoms with Crippen molar-refractivity contribution in [1.29, 1.82) is 0 Å². The molecule has 30 heavy (non-hydrogen) atoms. The number of benzene rings is 2. The van der Waals surface area contributed by atoms with Crippen LogP contribution >= 0.6 is 0 Å². The lowest BCUT2D eigenvalue weighted by Gasteiger charge is -2.30. The first-order chi connectivity index (χ1) is 14.6. The van der Waals surface area contributed by atoms with Gasteiger partial charge in [-0.1, -0.05) is 30.3 Å². The van der Waals surface area contributed by atoms with Gasteiger partial charge in [0.15, 0.2) is 0 Å². The maximum atomic E-state index is 12.9. The molecule has 154 valence electrons. The lowest BCUT2D eigenvalue weighted by Crippen LogP contribution is -2.52. The number of amidine groups is 1. The van der Waals surface area contributed by atoms with Gasteiger partial charge in [0.2, 0.25) is 5.91 Å². The molecule has 2 fully saturated rings. The summed E-state index contributed by atoms with van der Waals surface area (Å²) in [7, 11) is 0. The van der Waals surface area contributed by atoms with Crippen LogP contribution in [-0.4, -0.2) is 54.4 Å². The van der Waals surface area contributed by atoms with E-state index in [1.807, 2.05) is 42.5 Å². The zero-order valence-corrected chi connectivity index (χ0v) is 16.8. The van der Waals surface area contributed by atoms with Gasteiger partial charge in [-0.3, -0.25) is 14.7 Å². The summed E-state index contributed by atoms with van der Waals surface area (Å²) in [6, 6.07) is 18.0. The maximum Gasteiger partial charge on any atom is 0.325 e. The molecule has 3 aliphatic heterocycles. The number of urea groups is 1. The van der Waals surface area contributed by atoms with E-state index in [-0.39, 0.29) is 6.03 Å². The van der Waals surface area contributed by atoms with E-state index in [9.17, 15) is 9.59 Å². The van der Waals surface area contributed by atoms with E-state index in [4.69, 9.17) is 10.7 Å². The molecule has 0 unspecified atom stereocenters. The Hall–Kier alpha value is -3.35. The summed E-state index contributed by atoms with van der Waals surface area (Å²) in [5, 5.41) is 0. The van der Waals surface area contributed by atoms with E-state index < -0.39 is 11.4 Å². The number of carbonyl (C=O) groups is 2. The van der Waals surface area contributed by atoms with E-state index in [1.165, 1.54) is 0 Å². The lowest BCUT2D eigenvalue weighted by atomic mass is 9.96. The van der Waals surface area contributed by atoms with Crippen molar-refractivity contribution in [3.05, 3.63) is 60.2 Å². The van der Waals surface area contributed by atoms with Gasteiger partial charge in [0, 0.05) is 36.6 Å². The molecule has 3 amide bonds. The smallest absolute Gasteiger partial charge is 0.325 e. The molecule has 0 aromatic heterocycles. The number of nitrogens with two attached hydrogens (primary N) is 1. The monoisotopic (exact) mass is 403 g/mol. The third-order valence-electron chi connectivity index (χ3n) is 6.39. The van der Waals surface area contributed by atoms with Crippen LogP contribution in [0.4, 0.5) is 16.2 Å². The van der Waals surface area contributed by atoms with Gasteiger partial charge in [-0.15, -0.1) is 0 Å². The van der Waals surface area contributed by atoms with Gasteiger partial charge in [0.1, 0.15) is 11.4 Å². The van der Waals surface area contributed by atoms with E-state index in [1.54, 1.807) is 9.80 Å². The first-order valence-corrected chi connectivity index (χ1v) is 10.5. The fourth-order valence-corrected chi connectivity index (χ4v) is 4.84. The topological polar surface area (TPSA) is 82.2 Å². The minimum Gasteiger partial charge on any atom is -0.368 e. The first kappa shape index (κ1) is 18.7. The van der Waals surface area contributed by atoms with Gasteiger partial charge in [0.05, 0.1) is 6.54 Å². The Morgan fingerprint density at radius 1 is 0.933 bits per heavy atom. The van der Waals surface area contributed by atoms with Crippen LogP contribution in [0.5, 0.6) is 0 Å². The van der Waals surface area contributed by atoms with Crippen molar-refractivity contribution < 1.29 is 9.59 Å². The standard InChI is InChI=1S/C23H25N5O2/c24-21(29)23-12-4-15-28(23)22(30)27(16-23)19-10-8-18(9-11-19)26-14-5-13-25-20(26)17-6-2-1-3-7-17/h1-3,6-11H,4-5,12-16H2,(H2,24,29)/t23-/m1/s1. The number of hydrogen-bond donors (Lipinski definition) is 1. The fourth-order valence-electron chi connectivity index (χ4n) is 4.84. The van der Waals surface area contributed by atoms with Gasteiger partial charge in [-0.25, -0.2) is 4.79 Å². The van der Waals surface area contributed by atoms with Crippen LogP contribution < -0.4 is 15.5 Å². The molecular formula is C23H25N5O2. The van der Waals surface area contributed by atoms with Gasteiger partial charge < -0.3 is 15.5 Å². The molecule has 0 bridgehead atoms. The Labute approximate surface area is 175 Å². The minimum absolute atomic E-state index is 0.136. The molecule has 3 heterocycles. The third-order valence-corrected chi connectivity index (χ3v) is 6.39. The van der Waals surface area contributed by atoms with Gasteiger partial charge in [0.25, 0.3) is 0 Å². The van der Waals surface area contributed by atoms with E-state index in [2.05, 4.69) is 17.0 Å². The van der Waals surface area contributed by atoms with Crippen molar-refractivity contribution in [3.63, 3.8) is 0 Å². The summed E-state index contributed by atoms with van der Waals surface area (Å²) in [6.07, 6.45) is 2.45. The van der Waals surface area contributed by atoms with Crippen LogP contribution in [0.15, 0.2) is 59.6 Å². The van der Waals surface area contributed by atoms with Crippen LogP contribution in [0.3, 0.4) is 0 Å². The Balaban J connectivity index is 1.41. The molecule has 3 aliphatic rings. The Morgan fingerprint density at radius 2 is 1.63 bits per heavy atom. The second kappa shape index (κ2) is 7.16. The minimum atomic E-state index is -0.865. The molecular weight excluding hydrogens is 378 g/mol.